The van der Waals surface area contributed by atoms with E-state index in [1.807, 2.05) is 36.4 Å². The molecule has 4 heterocycles. The zero-order valence-corrected chi connectivity index (χ0v) is 12.1. The molecule has 1 saturated heterocycles. The van der Waals surface area contributed by atoms with E-state index >= 15 is 0 Å². The summed E-state index contributed by atoms with van der Waals surface area (Å²) in [5.74, 6) is 1.84. The Morgan fingerprint density at radius 2 is 1.91 bits per heavy atom. The van der Waals surface area contributed by atoms with Crippen molar-refractivity contribution in [2.75, 3.05) is 18.1 Å². The number of aromatic nitrogens is 2. The average molecular weight is 292 g/mol. The third-order valence-corrected chi connectivity index (χ3v) is 3.81. The van der Waals surface area contributed by atoms with E-state index in [-0.39, 0.29) is 6.10 Å². The Hall–Kier alpha value is -2.53. The number of ether oxygens (including phenoxy) is 1. The molecule has 0 amide bonds. The first-order chi connectivity index (χ1) is 10.9. The molecule has 1 fully saturated rings. The van der Waals surface area contributed by atoms with E-state index in [9.17, 15) is 0 Å². The predicted octanol–water partition coefficient (Wildman–Crippen LogP) is 2.53. The van der Waals surface area contributed by atoms with E-state index in [0.717, 1.165) is 36.0 Å². The average Bonchev–Trinajstić information content (AvgIpc) is 2.62. The molecule has 0 bridgehead atoms. The molecule has 0 radical (unpaired) electrons. The van der Waals surface area contributed by atoms with E-state index in [4.69, 9.17) is 9.73 Å². The van der Waals surface area contributed by atoms with Gasteiger partial charge in [0.2, 0.25) is 0 Å². The minimum atomic E-state index is 0.00298. The summed E-state index contributed by atoms with van der Waals surface area (Å²) in [6, 6.07) is 11.8. The smallest absolute Gasteiger partial charge is 0.140 e. The number of hydrogen-bond acceptors (Lipinski definition) is 5. The number of hydrogen-bond donors (Lipinski definition) is 0. The van der Waals surface area contributed by atoms with E-state index in [0.29, 0.717) is 6.61 Å². The highest BCUT2D eigenvalue weighted by molar-refractivity contribution is 6.04. The second-order valence-electron chi connectivity index (χ2n) is 5.21. The van der Waals surface area contributed by atoms with Gasteiger partial charge in [-0.05, 0) is 24.3 Å². The summed E-state index contributed by atoms with van der Waals surface area (Å²) in [5.41, 5.74) is 1.79. The van der Waals surface area contributed by atoms with Gasteiger partial charge in [-0.2, -0.15) is 0 Å². The van der Waals surface area contributed by atoms with Crippen molar-refractivity contribution in [2.45, 2.75) is 12.5 Å². The van der Waals surface area contributed by atoms with Gasteiger partial charge in [0.05, 0.1) is 18.0 Å². The second kappa shape index (κ2) is 5.69. The Morgan fingerprint density at radius 3 is 2.68 bits per heavy atom. The van der Waals surface area contributed by atoms with Crippen molar-refractivity contribution < 1.29 is 4.74 Å². The van der Waals surface area contributed by atoms with Crippen molar-refractivity contribution in [2.24, 2.45) is 4.99 Å². The molecule has 2 aromatic heterocycles. The lowest BCUT2D eigenvalue weighted by Gasteiger charge is -2.36. The van der Waals surface area contributed by atoms with E-state index < -0.39 is 0 Å². The molecular weight excluding hydrogens is 276 g/mol. The molecule has 2 aromatic rings. The summed E-state index contributed by atoms with van der Waals surface area (Å²) in [6.07, 6.45) is 6.50. The number of amidine groups is 1. The lowest BCUT2D eigenvalue weighted by atomic mass is 10.1. The number of anilines is 1. The quantitative estimate of drug-likeness (QED) is 0.853. The zero-order valence-electron chi connectivity index (χ0n) is 12.1. The lowest BCUT2D eigenvalue weighted by molar-refractivity contribution is 0.0918. The van der Waals surface area contributed by atoms with Gasteiger partial charge in [0.15, 0.2) is 0 Å². The zero-order chi connectivity index (χ0) is 14.8. The molecule has 0 aromatic carbocycles. The first-order valence-corrected chi connectivity index (χ1v) is 7.42. The van der Waals surface area contributed by atoms with Gasteiger partial charge in [0.25, 0.3) is 0 Å². The molecule has 110 valence electrons. The molecule has 0 N–H and O–H groups in total. The second-order valence-corrected chi connectivity index (χ2v) is 5.21. The Bertz CT molecular complexity index is 712. The maximum atomic E-state index is 5.85. The van der Waals surface area contributed by atoms with Crippen molar-refractivity contribution in [3.05, 3.63) is 60.6 Å². The summed E-state index contributed by atoms with van der Waals surface area (Å²) in [4.78, 5) is 15.8. The van der Waals surface area contributed by atoms with Crippen LogP contribution in [-0.4, -0.2) is 35.1 Å². The van der Waals surface area contributed by atoms with Crippen LogP contribution >= 0.6 is 0 Å². The topological polar surface area (TPSA) is 50.6 Å². The van der Waals surface area contributed by atoms with Gasteiger partial charge in [-0.1, -0.05) is 18.2 Å². The maximum Gasteiger partial charge on any atom is 0.140 e. The van der Waals surface area contributed by atoms with Crippen LogP contribution in [-0.2, 0) is 4.74 Å². The molecule has 5 heteroatoms. The highest BCUT2D eigenvalue weighted by Crippen LogP contribution is 2.27. The van der Waals surface area contributed by atoms with E-state index in [1.54, 1.807) is 12.4 Å². The van der Waals surface area contributed by atoms with Crippen LogP contribution in [0, 0.1) is 0 Å². The first kappa shape index (κ1) is 13.2. The van der Waals surface area contributed by atoms with E-state index in [2.05, 4.69) is 20.9 Å². The Morgan fingerprint density at radius 1 is 1.05 bits per heavy atom. The summed E-state index contributed by atoms with van der Waals surface area (Å²) in [6.45, 7) is 1.45. The molecule has 5 nitrogen and oxygen atoms in total. The normalized spacial score (nSPS) is 20.9. The molecule has 1 unspecified atom stereocenters. The van der Waals surface area contributed by atoms with Gasteiger partial charge in [-0.3, -0.25) is 4.98 Å². The van der Waals surface area contributed by atoms with Crippen molar-refractivity contribution in [3.8, 4) is 0 Å². The van der Waals surface area contributed by atoms with Gasteiger partial charge in [-0.25, -0.2) is 9.98 Å². The molecule has 1 atom stereocenters. The van der Waals surface area contributed by atoms with Crippen LogP contribution in [0.3, 0.4) is 0 Å². The molecule has 4 rings (SSSR count). The van der Waals surface area contributed by atoms with Crippen LogP contribution in [0.25, 0.3) is 5.70 Å². The lowest BCUT2D eigenvalue weighted by Crippen LogP contribution is -2.49. The van der Waals surface area contributed by atoms with Gasteiger partial charge in [0.1, 0.15) is 17.8 Å². The Balaban J connectivity index is 1.71. The highest BCUT2D eigenvalue weighted by Gasteiger charge is 2.31. The molecule has 0 spiro atoms. The van der Waals surface area contributed by atoms with Crippen LogP contribution in [0.15, 0.2) is 59.9 Å². The Labute approximate surface area is 129 Å². The van der Waals surface area contributed by atoms with Crippen molar-refractivity contribution in [1.29, 1.82) is 0 Å². The fraction of sp³-hybridized carbons (Fsp3) is 0.235. The predicted molar refractivity (Wildman–Crippen MR) is 85.6 cm³/mol. The van der Waals surface area contributed by atoms with Crippen molar-refractivity contribution >= 4 is 17.4 Å². The fourth-order valence-corrected chi connectivity index (χ4v) is 2.76. The number of rotatable bonds is 2. The van der Waals surface area contributed by atoms with Crippen LogP contribution < -0.4 is 4.90 Å². The largest absolute Gasteiger partial charge is 0.368 e. The van der Waals surface area contributed by atoms with Crippen LogP contribution in [0.5, 0.6) is 0 Å². The maximum absolute atomic E-state index is 5.85. The summed E-state index contributed by atoms with van der Waals surface area (Å²) in [5, 5.41) is 0. The number of fused-ring (bicyclic) bond motifs is 1. The molecule has 2 aliphatic rings. The molecule has 0 saturated carbocycles. The summed E-state index contributed by atoms with van der Waals surface area (Å²) >= 11 is 0. The molecule has 22 heavy (non-hydrogen) atoms. The Kier molecular flexibility index (Phi) is 3.40. The molecule has 2 aliphatic heterocycles. The summed E-state index contributed by atoms with van der Waals surface area (Å²) in [7, 11) is 0. The highest BCUT2D eigenvalue weighted by atomic mass is 16.5. The van der Waals surface area contributed by atoms with Gasteiger partial charge < -0.3 is 9.64 Å². The minimum Gasteiger partial charge on any atom is -0.368 e. The van der Waals surface area contributed by atoms with Crippen LogP contribution in [0.4, 0.5) is 5.82 Å². The first-order valence-electron chi connectivity index (χ1n) is 7.42. The molecular formula is C17H16N4O. The van der Waals surface area contributed by atoms with Crippen LogP contribution in [0.1, 0.15) is 12.1 Å². The van der Waals surface area contributed by atoms with Gasteiger partial charge in [0, 0.05) is 25.4 Å². The summed E-state index contributed by atoms with van der Waals surface area (Å²) < 4.78 is 5.85. The minimum absolute atomic E-state index is 0.00298. The van der Waals surface area contributed by atoms with Crippen molar-refractivity contribution in [1.82, 2.24) is 9.97 Å². The van der Waals surface area contributed by atoms with E-state index in [1.165, 1.54) is 0 Å². The van der Waals surface area contributed by atoms with Gasteiger partial charge in [-0.15, -0.1) is 0 Å². The molecule has 0 aliphatic carbocycles. The number of aliphatic imine (C=N–C) groups is 1. The number of morpholine rings is 1. The third kappa shape index (κ3) is 2.40. The number of nitrogens with zero attached hydrogens (tertiary/aromatic N) is 4. The third-order valence-electron chi connectivity index (χ3n) is 3.81. The fourth-order valence-electron chi connectivity index (χ4n) is 2.76. The van der Waals surface area contributed by atoms with Crippen LogP contribution in [0.2, 0.25) is 0 Å². The SMILES string of the molecule is C1=C(c2ccccn2)N=C2C(C1)OCCN2c1ccccn1. The number of pyridine rings is 2. The monoisotopic (exact) mass is 292 g/mol. The van der Waals surface area contributed by atoms with Crippen molar-refractivity contribution in [3.63, 3.8) is 0 Å². The standard InChI is InChI=1S/C17H16N4O/c1-3-9-18-13(5-1)14-7-8-15-17(20-14)21(11-12-22-15)16-6-2-4-10-19-16/h1-7,9-10,15H,8,11-12H2. The van der Waals surface area contributed by atoms with Gasteiger partial charge >= 0.3 is 0 Å².